The summed E-state index contributed by atoms with van der Waals surface area (Å²) in [4.78, 5) is 12.3. The number of amides is 1. The maximum Gasteiger partial charge on any atom is 0.407 e. The third-order valence-corrected chi connectivity index (χ3v) is 5.91. The van der Waals surface area contributed by atoms with Gasteiger partial charge in [0.25, 0.3) is 0 Å². The van der Waals surface area contributed by atoms with Crippen LogP contribution in [0.1, 0.15) is 29.5 Å². The van der Waals surface area contributed by atoms with E-state index in [2.05, 4.69) is 52.2 Å². The molecule has 148 valence electrons. The van der Waals surface area contributed by atoms with Crippen LogP contribution in [0, 0.1) is 9.39 Å². The molecule has 29 heavy (non-hydrogen) atoms. The number of rotatable bonds is 5. The first-order valence-electron chi connectivity index (χ1n) is 9.58. The average Bonchev–Trinajstić information content (AvgIpc) is 3.03. The second-order valence-corrected chi connectivity index (χ2v) is 8.56. The summed E-state index contributed by atoms with van der Waals surface area (Å²) in [6.07, 6.45) is -0.0715. The third kappa shape index (κ3) is 4.29. The zero-order chi connectivity index (χ0) is 20.4. The van der Waals surface area contributed by atoms with Crippen molar-refractivity contribution in [1.82, 2.24) is 5.32 Å². The van der Waals surface area contributed by atoms with Gasteiger partial charge in [0.05, 0.1) is 0 Å². The molecule has 0 heterocycles. The lowest BCUT2D eigenvalue weighted by molar-refractivity contribution is 0.139. The molecule has 1 aliphatic carbocycles. The molecule has 0 fully saturated rings. The first-order chi connectivity index (χ1) is 14.0. The van der Waals surface area contributed by atoms with Crippen LogP contribution in [-0.2, 0) is 11.2 Å². The first-order valence-corrected chi connectivity index (χ1v) is 10.7. The molecule has 3 aromatic carbocycles. The number of benzene rings is 3. The number of halogens is 2. The van der Waals surface area contributed by atoms with Crippen LogP contribution in [0.25, 0.3) is 11.1 Å². The molecule has 3 aromatic rings. The Bertz CT molecular complexity index is 1010. The van der Waals surface area contributed by atoms with Crippen molar-refractivity contribution in [2.45, 2.75) is 25.3 Å². The molecule has 0 spiro atoms. The molecule has 0 unspecified atom stereocenters. The van der Waals surface area contributed by atoms with E-state index in [1.807, 2.05) is 31.2 Å². The lowest BCUT2D eigenvalue weighted by Crippen LogP contribution is -2.35. The fourth-order valence-electron chi connectivity index (χ4n) is 3.92. The Morgan fingerprint density at radius 1 is 1.07 bits per heavy atom. The molecule has 1 aliphatic rings. The van der Waals surface area contributed by atoms with Crippen molar-refractivity contribution in [2.75, 3.05) is 6.61 Å². The van der Waals surface area contributed by atoms with E-state index in [9.17, 15) is 9.18 Å². The highest BCUT2D eigenvalue weighted by Crippen LogP contribution is 2.44. The quantitative estimate of drug-likeness (QED) is 0.443. The number of nitrogens with one attached hydrogen (secondary N) is 1. The first kappa shape index (κ1) is 19.9. The van der Waals surface area contributed by atoms with Crippen LogP contribution < -0.4 is 5.32 Å². The minimum atomic E-state index is -0.481. The van der Waals surface area contributed by atoms with E-state index in [0.29, 0.717) is 12.0 Å². The molecule has 0 saturated heterocycles. The van der Waals surface area contributed by atoms with Gasteiger partial charge in [0.2, 0.25) is 0 Å². The van der Waals surface area contributed by atoms with Gasteiger partial charge in [0, 0.05) is 15.5 Å². The van der Waals surface area contributed by atoms with Crippen LogP contribution in [0.5, 0.6) is 0 Å². The van der Waals surface area contributed by atoms with E-state index in [1.165, 1.54) is 28.3 Å². The average molecular weight is 501 g/mol. The lowest BCUT2D eigenvalue weighted by atomic mass is 9.98. The Labute approximate surface area is 183 Å². The molecule has 0 aromatic heterocycles. The van der Waals surface area contributed by atoms with Crippen molar-refractivity contribution >= 4 is 28.7 Å². The van der Waals surface area contributed by atoms with Gasteiger partial charge in [-0.3, -0.25) is 0 Å². The van der Waals surface area contributed by atoms with Crippen molar-refractivity contribution in [1.29, 1.82) is 0 Å². The number of ether oxygens (including phenoxy) is 1. The normalized spacial score (nSPS) is 13.5. The molecule has 4 rings (SSSR count). The molecule has 0 saturated carbocycles. The summed E-state index contributed by atoms with van der Waals surface area (Å²) in [6, 6.07) is 21.2. The largest absolute Gasteiger partial charge is 0.449 e. The van der Waals surface area contributed by atoms with Gasteiger partial charge in [-0.25, -0.2) is 9.18 Å². The smallest absolute Gasteiger partial charge is 0.407 e. The van der Waals surface area contributed by atoms with E-state index in [-0.39, 0.29) is 24.4 Å². The molecular formula is C24H21FINO2. The minimum Gasteiger partial charge on any atom is -0.449 e. The maximum atomic E-state index is 14.0. The summed E-state index contributed by atoms with van der Waals surface area (Å²) >= 11 is 2.15. The molecular weight excluding hydrogens is 480 g/mol. The molecule has 1 amide bonds. The second kappa shape index (κ2) is 8.53. The van der Waals surface area contributed by atoms with Crippen LogP contribution >= 0.6 is 22.6 Å². The fraction of sp³-hybridized carbons (Fsp3) is 0.208. The van der Waals surface area contributed by atoms with E-state index in [4.69, 9.17) is 4.74 Å². The predicted octanol–water partition coefficient (Wildman–Crippen LogP) is 5.90. The summed E-state index contributed by atoms with van der Waals surface area (Å²) < 4.78 is 20.5. The molecule has 3 nitrogen and oxygen atoms in total. The van der Waals surface area contributed by atoms with Crippen molar-refractivity contribution in [3.63, 3.8) is 0 Å². The van der Waals surface area contributed by atoms with Gasteiger partial charge in [-0.1, -0.05) is 48.5 Å². The lowest BCUT2D eigenvalue weighted by Gasteiger charge is -2.17. The highest BCUT2D eigenvalue weighted by Gasteiger charge is 2.29. The van der Waals surface area contributed by atoms with Crippen molar-refractivity contribution < 1.29 is 13.9 Å². The zero-order valence-electron chi connectivity index (χ0n) is 16.0. The molecule has 1 atom stereocenters. The van der Waals surface area contributed by atoms with Gasteiger partial charge in [-0.15, -0.1) is 0 Å². The number of carbonyl (C=O) groups is 1. The Hall–Kier alpha value is -2.41. The molecule has 0 aliphatic heterocycles. The topological polar surface area (TPSA) is 38.3 Å². The van der Waals surface area contributed by atoms with E-state index >= 15 is 0 Å². The summed E-state index contributed by atoms with van der Waals surface area (Å²) in [7, 11) is 0. The van der Waals surface area contributed by atoms with Crippen molar-refractivity contribution in [3.05, 3.63) is 92.8 Å². The van der Waals surface area contributed by atoms with Gasteiger partial charge in [0.15, 0.2) is 0 Å². The summed E-state index contributed by atoms with van der Waals surface area (Å²) in [5.74, 6) is -0.233. The summed E-state index contributed by atoms with van der Waals surface area (Å²) in [5.41, 5.74) is 5.33. The monoisotopic (exact) mass is 501 g/mol. The molecule has 0 radical (unpaired) electrons. The van der Waals surface area contributed by atoms with Crippen molar-refractivity contribution in [2.24, 2.45) is 0 Å². The van der Waals surface area contributed by atoms with Gasteiger partial charge in [-0.05, 0) is 82.0 Å². The SMILES string of the molecule is C[C@@H](Cc1cc(I)ccc1F)NC(=O)OCC1c2ccccc2-c2ccccc21. The van der Waals surface area contributed by atoms with Crippen LogP contribution in [0.3, 0.4) is 0 Å². The summed E-state index contributed by atoms with van der Waals surface area (Å²) in [5, 5.41) is 2.82. The van der Waals surface area contributed by atoms with Gasteiger partial charge in [-0.2, -0.15) is 0 Å². The highest BCUT2D eigenvalue weighted by atomic mass is 127. The number of hydrogen-bond donors (Lipinski definition) is 1. The standard InChI is InChI=1S/C24H21FINO2/c1-15(12-16-13-17(26)10-11-23(16)25)27-24(28)29-14-22-20-8-4-2-6-18(20)19-7-3-5-9-21(19)22/h2-11,13,15,22H,12,14H2,1H3,(H,27,28)/t15-/m0/s1. The predicted molar refractivity (Wildman–Crippen MR) is 120 cm³/mol. The number of carbonyl (C=O) groups excluding carboxylic acids is 1. The molecule has 0 bridgehead atoms. The fourth-order valence-corrected chi connectivity index (χ4v) is 4.48. The molecule has 5 heteroatoms. The number of hydrogen-bond acceptors (Lipinski definition) is 2. The Balaban J connectivity index is 1.39. The second-order valence-electron chi connectivity index (χ2n) is 7.31. The van der Waals surface area contributed by atoms with Crippen molar-refractivity contribution in [3.8, 4) is 11.1 Å². The molecule has 1 N–H and O–H groups in total. The number of fused-ring (bicyclic) bond motifs is 3. The Morgan fingerprint density at radius 3 is 2.34 bits per heavy atom. The van der Waals surface area contributed by atoms with Crippen LogP contribution in [0.15, 0.2) is 66.7 Å². The zero-order valence-corrected chi connectivity index (χ0v) is 18.1. The summed E-state index contributed by atoms with van der Waals surface area (Å²) in [6.45, 7) is 2.12. The van der Waals surface area contributed by atoms with Gasteiger partial charge >= 0.3 is 6.09 Å². The third-order valence-electron chi connectivity index (χ3n) is 5.24. The van der Waals surface area contributed by atoms with Crippen LogP contribution in [0.4, 0.5) is 9.18 Å². The Kier molecular flexibility index (Phi) is 5.85. The van der Waals surface area contributed by atoms with Gasteiger partial charge in [0.1, 0.15) is 12.4 Å². The maximum absolute atomic E-state index is 14.0. The van der Waals surface area contributed by atoms with Crippen LogP contribution in [0.2, 0.25) is 0 Å². The van der Waals surface area contributed by atoms with E-state index < -0.39 is 6.09 Å². The van der Waals surface area contributed by atoms with Crippen LogP contribution in [-0.4, -0.2) is 18.7 Å². The highest BCUT2D eigenvalue weighted by molar-refractivity contribution is 14.1. The minimum absolute atomic E-state index is 0.0246. The van der Waals surface area contributed by atoms with Gasteiger partial charge < -0.3 is 10.1 Å². The van der Waals surface area contributed by atoms with E-state index in [1.54, 1.807) is 12.1 Å². The number of alkyl carbamates (subject to hydrolysis) is 1. The van der Waals surface area contributed by atoms with E-state index in [0.717, 1.165) is 3.57 Å². The Morgan fingerprint density at radius 2 is 1.69 bits per heavy atom.